The van der Waals surface area contributed by atoms with E-state index in [-0.39, 0.29) is 12.0 Å². The van der Waals surface area contributed by atoms with Crippen LogP contribution in [0.25, 0.3) is 11.4 Å². The Morgan fingerprint density at radius 1 is 1.12 bits per heavy atom. The van der Waals surface area contributed by atoms with Gasteiger partial charge in [0.1, 0.15) is 5.82 Å². The minimum absolute atomic E-state index is 0.0992. The number of halogens is 1. The van der Waals surface area contributed by atoms with Crippen LogP contribution in [0.4, 0.5) is 5.95 Å². The van der Waals surface area contributed by atoms with Crippen LogP contribution >= 0.6 is 11.6 Å². The van der Waals surface area contributed by atoms with Gasteiger partial charge in [-0.1, -0.05) is 18.5 Å². The first-order chi connectivity index (χ1) is 15.1. The molecule has 0 spiro atoms. The molecule has 0 unspecified atom stereocenters. The lowest BCUT2D eigenvalue weighted by Gasteiger charge is -2.22. The molecule has 0 amide bonds. The number of ether oxygens (including phenoxy) is 1. The van der Waals surface area contributed by atoms with Crippen LogP contribution in [0, 0.1) is 6.92 Å². The van der Waals surface area contributed by atoms with E-state index >= 15 is 0 Å². The van der Waals surface area contributed by atoms with Crippen molar-refractivity contribution < 1.29 is 13.2 Å². The summed E-state index contributed by atoms with van der Waals surface area (Å²) in [5, 5.41) is 7.90. The highest BCUT2D eigenvalue weighted by atomic mass is 35.5. The molecular weight excluding hydrogens is 454 g/mol. The average Bonchev–Trinajstić information content (AvgIpc) is 3.16. The summed E-state index contributed by atoms with van der Waals surface area (Å²) in [6.07, 6.45) is 6.28. The summed E-state index contributed by atoms with van der Waals surface area (Å²) in [5.41, 5.74) is 1.67. The molecule has 0 aromatic carbocycles. The van der Waals surface area contributed by atoms with Crippen molar-refractivity contribution >= 4 is 27.6 Å². The molecule has 0 bridgehead atoms. The van der Waals surface area contributed by atoms with Crippen LogP contribution < -0.4 is 4.72 Å². The summed E-state index contributed by atoms with van der Waals surface area (Å²) in [6.45, 7) is 7.49. The molecule has 172 valence electrons. The van der Waals surface area contributed by atoms with Crippen LogP contribution in [0.15, 0.2) is 30.9 Å². The second-order valence-electron chi connectivity index (χ2n) is 7.67. The molecule has 12 heteroatoms. The highest BCUT2D eigenvalue weighted by Gasteiger charge is 2.32. The third kappa shape index (κ3) is 5.22. The van der Waals surface area contributed by atoms with Crippen molar-refractivity contribution in [2.24, 2.45) is 0 Å². The van der Waals surface area contributed by atoms with Crippen molar-refractivity contribution in [3.8, 4) is 11.4 Å². The fourth-order valence-electron chi connectivity index (χ4n) is 3.22. The van der Waals surface area contributed by atoms with Crippen molar-refractivity contribution in [2.75, 3.05) is 18.4 Å². The molecule has 3 atom stereocenters. The van der Waals surface area contributed by atoms with Gasteiger partial charge in [0.25, 0.3) is 0 Å². The molecule has 0 aliphatic rings. The maximum absolute atomic E-state index is 13.2. The lowest BCUT2D eigenvalue weighted by atomic mass is 10.1. The lowest BCUT2D eigenvalue weighted by Crippen LogP contribution is -2.32. The molecule has 3 aromatic rings. The predicted molar refractivity (Wildman–Crippen MR) is 122 cm³/mol. The minimum atomic E-state index is -3.86. The van der Waals surface area contributed by atoms with E-state index < -0.39 is 21.2 Å². The van der Waals surface area contributed by atoms with Gasteiger partial charge in [-0.3, -0.25) is 14.3 Å². The molecular formula is C20H26ClN7O3S. The largest absolute Gasteiger partial charge is 0.383 e. The number of pyridine rings is 1. The number of aromatic nitrogens is 6. The third-order valence-electron chi connectivity index (χ3n) is 5.15. The number of aryl methyl sites for hydroxylation is 1. The van der Waals surface area contributed by atoms with Crippen molar-refractivity contribution in [3.05, 3.63) is 47.3 Å². The van der Waals surface area contributed by atoms with Crippen LogP contribution in [0.1, 0.15) is 44.1 Å². The summed E-state index contributed by atoms with van der Waals surface area (Å²) in [5.74, 6) is 0.485. The number of rotatable bonds is 9. The average molecular weight is 480 g/mol. The molecule has 0 aliphatic carbocycles. The molecule has 0 fully saturated rings. The van der Waals surface area contributed by atoms with Crippen molar-refractivity contribution in [1.82, 2.24) is 29.7 Å². The molecule has 0 saturated heterocycles. The highest BCUT2D eigenvalue weighted by Crippen LogP contribution is 2.28. The fourth-order valence-corrected chi connectivity index (χ4v) is 4.56. The molecule has 1 N–H and O–H groups in total. The molecule has 0 saturated carbocycles. The van der Waals surface area contributed by atoms with E-state index in [1.807, 2.05) is 19.9 Å². The monoisotopic (exact) mass is 479 g/mol. The standard InChI is InChI=1S/C20H26ClN7O3S/c1-12-6-16(8-22-7-12)19-25-26-20(28(19)13(2)11-31-5)27-32(29,30)15(4)14(3)18-23-9-17(21)10-24-18/h6-10,13-15H,11H2,1-5H3,(H,26,27)/t13-,14-,15-/m0/s1. The van der Waals surface area contributed by atoms with Crippen LogP contribution in [-0.4, -0.2) is 57.1 Å². The zero-order valence-electron chi connectivity index (χ0n) is 18.5. The fraction of sp³-hybridized carbons (Fsp3) is 0.450. The Morgan fingerprint density at radius 3 is 2.44 bits per heavy atom. The molecule has 32 heavy (non-hydrogen) atoms. The van der Waals surface area contributed by atoms with Crippen molar-refractivity contribution in [3.63, 3.8) is 0 Å². The highest BCUT2D eigenvalue weighted by molar-refractivity contribution is 7.93. The summed E-state index contributed by atoms with van der Waals surface area (Å²) in [4.78, 5) is 12.5. The molecule has 0 radical (unpaired) electrons. The summed E-state index contributed by atoms with van der Waals surface area (Å²) in [7, 11) is -2.28. The zero-order chi connectivity index (χ0) is 23.5. The number of nitrogens with zero attached hydrogens (tertiary/aromatic N) is 6. The van der Waals surface area contributed by atoms with E-state index in [9.17, 15) is 8.42 Å². The molecule has 10 nitrogen and oxygen atoms in total. The van der Waals surface area contributed by atoms with Gasteiger partial charge in [-0.05, 0) is 32.4 Å². The second kappa shape index (κ2) is 9.88. The lowest BCUT2D eigenvalue weighted by molar-refractivity contribution is 0.163. The van der Waals surface area contributed by atoms with E-state index in [0.29, 0.717) is 23.3 Å². The van der Waals surface area contributed by atoms with Crippen LogP contribution in [-0.2, 0) is 14.8 Å². The van der Waals surface area contributed by atoms with Crippen LogP contribution in [0.2, 0.25) is 5.02 Å². The SMILES string of the molecule is COC[C@H](C)n1c(NS(=O)(=O)[C@@H](C)[C@H](C)c2ncc(Cl)cn2)nnc1-c1cncc(C)c1. The number of anilines is 1. The van der Waals surface area contributed by atoms with Gasteiger partial charge in [0.15, 0.2) is 5.82 Å². The van der Waals surface area contributed by atoms with Crippen molar-refractivity contribution in [1.29, 1.82) is 0 Å². The van der Waals surface area contributed by atoms with E-state index in [1.54, 1.807) is 37.9 Å². The van der Waals surface area contributed by atoms with E-state index in [1.165, 1.54) is 12.4 Å². The van der Waals surface area contributed by atoms with Gasteiger partial charge in [-0.2, -0.15) is 0 Å². The van der Waals surface area contributed by atoms with Crippen molar-refractivity contribution in [2.45, 2.75) is 44.9 Å². The Kier molecular flexibility index (Phi) is 7.42. The quantitative estimate of drug-likeness (QED) is 0.495. The Morgan fingerprint density at radius 2 is 1.81 bits per heavy atom. The van der Waals surface area contributed by atoms with E-state index in [0.717, 1.165) is 11.1 Å². The first-order valence-electron chi connectivity index (χ1n) is 9.99. The Hall–Kier alpha value is -2.63. The maximum atomic E-state index is 13.2. The second-order valence-corrected chi connectivity index (χ2v) is 10.1. The Bertz CT molecular complexity index is 1170. The van der Waals surface area contributed by atoms with Gasteiger partial charge in [-0.15, -0.1) is 10.2 Å². The van der Waals surface area contributed by atoms with Gasteiger partial charge >= 0.3 is 0 Å². The normalized spacial score (nSPS) is 14.7. The van der Waals surface area contributed by atoms with Crippen LogP contribution in [0.3, 0.4) is 0 Å². The number of hydrogen-bond donors (Lipinski definition) is 1. The van der Waals surface area contributed by atoms with Gasteiger partial charge in [0, 0.05) is 43.4 Å². The first kappa shape index (κ1) is 24.0. The molecule has 3 rings (SSSR count). The number of methoxy groups -OCH3 is 1. The number of sulfonamides is 1. The van der Waals surface area contributed by atoms with Gasteiger partial charge in [0.05, 0.1) is 22.9 Å². The van der Waals surface area contributed by atoms with E-state index in [4.69, 9.17) is 16.3 Å². The zero-order valence-corrected chi connectivity index (χ0v) is 20.1. The molecule has 3 heterocycles. The molecule has 3 aromatic heterocycles. The summed E-state index contributed by atoms with van der Waals surface area (Å²) < 4.78 is 36.0. The van der Waals surface area contributed by atoms with Gasteiger partial charge in [-0.25, -0.2) is 18.4 Å². The third-order valence-corrected chi connectivity index (χ3v) is 7.20. The Labute approximate surface area is 192 Å². The Balaban J connectivity index is 1.95. The minimum Gasteiger partial charge on any atom is -0.383 e. The smallest absolute Gasteiger partial charge is 0.238 e. The van der Waals surface area contributed by atoms with Gasteiger partial charge < -0.3 is 4.74 Å². The summed E-state index contributed by atoms with van der Waals surface area (Å²) >= 11 is 5.84. The number of hydrogen-bond acceptors (Lipinski definition) is 8. The van der Waals surface area contributed by atoms with Crippen LogP contribution in [0.5, 0.6) is 0 Å². The summed E-state index contributed by atoms with van der Waals surface area (Å²) in [6, 6.07) is 1.67. The van der Waals surface area contributed by atoms with Gasteiger partial charge in [0.2, 0.25) is 16.0 Å². The first-order valence-corrected chi connectivity index (χ1v) is 11.9. The topological polar surface area (TPSA) is 125 Å². The number of nitrogens with one attached hydrogen (secondary N) is 1. The maximum Gasteiger partial charge on any atom is 0.238 e. The molecule has 0 aliphatic heterocycles. The predicted octanol–water partition coefficient (Wildman–Crippen LogP) is 3.23. The van der Waals surface area contributed by atoms with E-state index in [2.05, 4.69) is 29.9 Å².